The molecule has 1 saturated heterocycles. The Morgan fingerprint density at radius 2 is 1.80 bits per heavy atom. The normalized spacial score (nSPS) is 15.1. The average molecular weight is 444 g/mol. The summed E-state index contributed by atoms with van der Waals surface area (Å²) in [5.41, 5.74) is 2.53. The van der Waals surface area contributed by atoms with Crippen molar-refractivity contribution in [3.05, 3.63) is 64.5 Å². The summed E-state index contributed by atoms with van der Waals surface area (Å²) in [5, 5.41) is 5.76. The first-order valence-electron chi connectivity index (χ1n) is 9.46. The third kappa shape index (κ3) is 4.29. The van der Waals surface area contributed by atoms with Crippen molar-refractivity contribution in [1.29, 1.82) is 0 Å². The van der Waals surface area contributed by atoms with Crippen LogP contribution in [0.15, 0.2) is 58.8 Å². The standard InChI is InChI=1S/C21H21N3O4S2/c1-15-22-19(14-29-15)16-6-8-17(9-7-16)23-21(25)18-4-2-3-5-20(18)30(26,27)24-10-12-28-13-11-24/h2-9,14H,10-13H2,1H3,(H,23,25). The summed E-state index contributed by atoms with van der Waals surface area (Å²) in [7, 11) is -3.79. The number of benzene rings is 2. The molecular weight excluding hydrogens is 422 g/mol. The molecule has 1 aromatic heterocycles. The van der Waals surface area contributed by atoms with E-state index in [1.807, 2.05) is 24.4 Å². The van der Waals surface area contributed by atoms with Gasteiger partial charge in [0.05, 0.1) is 34.4 Å². The van der Waals surface area contributed by atoms with Gasteiger partial charge in [-0.3, -0.25) is 4.79 Å². The SMILES string of the molecule is Cc1nc(-c2ccc(NC(=O)c3ccccc3S(=O)(=O)N3CCOCC3)cc2)cs1. The zero-order valence-electron chi connectivity index (χ0n) is 16.4. The first kappa shape index (κ1) is 20.7. The Balaban J connectivity index is 1.55. The second-order valence-corrected chi connectivity index (χ2v) is 9.76. The molecule has 156 valence electrons. The van der Waals surface area contributed by atoms with Crippen molar-refractivity contribution in [3.63, 3.8) is 0 Å². The molecule has 30 heavy (non-hydrogen) atoms. The molecule has 4 rings (SSSR count). The molecule has 0 unspecified atom stereocenters. The molecule has 0 radical (unpaired) electrons. The number of thiazole rings is 1. The Kier molecular flexibility index (Phi) is 5.96. The molecule has 2 aromatic carbocycles. The Morgan fingerprint density at radius 3 is 2.47 bits per heavy atom. The predicted molar refractivity (Wildman–Crippen MR) is 116 cm³/mol. The van der Waals surface area contributed by atoms with Crippen molar-refractivity contribution in [1.82, 2.24) is 9.29 Å². The quantitative estimate of drug-likeness (QED) is 0.653. The van der Waals surface area contributed by atoms with Gasteiger partial charge in [0, 0.05) is 29.7 Å². The molecule has 0 spiro atoms. The number of sulfonamides is 1. The minimum atomic E-state index is -3.79. The summed E-state index contributed by atoms with van der Waals surface area (Å²) in [6, 6.07) is 13.6. The molecule has 0 aliphatic carbocycles. The van der Waals surface area contributed by atoms with Crippen LogP contribution in [-0.4, -0.2) is 49.9 Å². The molecule has 0 bridgehead atoms. The Morgan fingerprint density at radius 1 is 1.10 bits per heavy atom. The van der Waals surface area contributed by atoms with E-state index in [0.29, 0.717) is 18.9 Å². The van der Waals surface area contributed by atoms with Gasteiger partial charge in [-0.1, -0.05) is 24.3 Å². The lowest BCUT2D eigenvalue weighted by Crippen LogP contribution is -2.41. The van der Waals surface area contributed by atoms with E-state index in [4.69, 9.17) is 4.74 Å². The maximum atomic E-state index is 13.1. The lowest BCUT2D eigenvalue weighted by Gasteiger charge is -2.26. The van der Waals surface area contributed by atoms with Gasteiger partial charge in [0.15, 0.2) is 0 Å². The van der Waals surface area contributed by atoms with Gasteiger partial charge in [0.2, 0.25) is 10.0 Å². The first-order valence-corrected chi connectivity index (χ1v) is 11.8. The van der Waals surface area contributed by atoms with Gasteiger partial charge in [-0.25, -0.2) is 13.4 Å². The number of morpholine rings is 1. The summed E-state index contributed by atoms with van der Waals surface area (Å²) in [6.45, 7) is 3.19. The van der Waals surface area contributed by atoms with Crippen LogP contribution in [0.1, 0.15) is 15.4 Å². The third-order valence-corrected chi connectivity index (χ3v) is 7.51. The van der Waals surface area contributed by atoms with E-state index >= 15 is 0 Å². The van der Waals surface area contributed by atoms with Crippen molar-refractivity contribution >= 4 is 33.0 Å². The number of hydrogen-bond acceptors (Lipinski definition) is 6. The van der Waals surface area contributed by atoms with E-state index in [0.717, 1.165) is 16.3 Å². The highest BCUT2D eigenvalue weighted by molar-refractivity contribution is 7.89. The number of nitrogens with zero attached hydrogens (tertiary/aromatic N) is 2. The van der Waals surface area contributed by atoms with Gasteiger partial charge in [0.1, 0.15) is 0 Å². The van der Waals surface area contributed by atoms with Crippen LogP contribution >= 0.6 is 11.3 Å². The molecule has 1 amide bonds. The van der Waals surface area contributed by atoms with E-state index in [1.165, 1.54) is 16.4 Å². The minimum absolute atomic E-state index is 0.000955. The van der Waals surface area contributed by atoms with Gasteiger partial charge in [0.25, 0.3) is 5.91 Å². The highest BCUT2D eigenvalue weighted by atomic mass is 32.2. The molecule has 1 fully saturated rings. The molecule has 1 N–H and O–H groups in total. The number of aromatic nitrogens is 1. The fourth-order valence-corrected chi connectivity index (χ4v) is 5.44. The number of aryl methyl sites for hydroxylation is 1. The van der Waals surface area contributed by atoms with Crippen LogP contribution in [0.2, 0.25) is 0 Å². The van der Waals surface area contributed by atoms with Gasteiger partial charge >= 0.3 is 0 Å². The number of carbonyl (C=O) groups is 1. The van der Waals surface area contributed by atoms with Gasteiger partial charge in [-0.05, 0) is 31.2 Å². The van der Waals surface area contributed by atoms with E-state index in [-0.39, 0.29) is 23.5 Å². The molecule has 1 aliphatic rings. The first-order chi connectivity index (χ1) is 14.4. The summed E-state index contributed by atoms with van der Waals surface area (Å²) < 4.78 is 32.7. The highest BCUT2D eigenvalue weighted by Crippen LogP contribution is 2.25. The van der Waals surface area contributed by atoms with Gasteiger partial charge in [-0.2, -0.15) is 4.31 Å². The van der Waals surface area contributed by atoms with Crippen LogP contribution in [0.4, 0.5) is 5.69 Å². The number of carbonyl (C=O) groups excluding carboxylic acids is 1. The lowest BCUT2D eigenvalue weighted by atomic mass is 10.1. The number of ether oxygens (including phenoxy) is 1. The summed E-state index contributed by atoms with van der Waals surface area (Å²) >= 11 is 1.58. The van der Waals surface area contributed by atoms with E-state index < -0.39 is 15.9 Å². The second kappa shape index (κ2) is 8.65. The number of rotatable bonds is 5. The van der Waals surface area contributed by atoms with Crippen LogP contribution in [-0.2, 0) is 14.8 Å². The molecule has 2 heterocycles. The maximum Gasteiger partial charge on any atom is 0.257 e. The van der Waals surface area contributed by atoms with Gasteiger partial charge in [-0.15, -0.1) is 11.3 Å². The van der Waals surface area contributed by atoms with Crippen LogP contribution in [0, 0.1) is 6.92 Å². The monoisotopic (exact) mass is 443 g/mol. The van der Waals surface area contributed by atoms with Crippen molar-refractivity contribution in [2.45, 2.75) is 11.8 Å². The predicted octanol–water partition coefficient (Wildman–Crippen LogP) is 3.39. The van der Waals surface area contributed by atoms with E-state index in [1.54, 1.807) is 35.6 Å². The zero-order chi connectivity index (χ0) is 21.1. The summed E-state index contributed by atoms with van der Waals surface area (Å²) in [5.74, 6) is -0.473. The number of amides is 1. The smallest absolute Gasteiger partial charge is 0.257 e. The van der Waals surface area contributed by atoms with E-state index in [2.05, 4.69) is 10.3 Å². The Bertz CT molecular complexity index is 1150. The Hall–Kier alpha value is -2.59. The maximum absolute atomic E-state index is 13.1. The largest absolute Gasteiger partial charge is 0.379 e. The van der Waals surface area contributed by atoms with E-state index in [9.17, 15) is 13.2 Å². The molecule has 7 nitrogen and oxygen atoms in total. The zero-order valence-corrected chi connectivity index (χ0v) is 18.0. The summed E-state index contributed by atoms with van der Waals surface area (Å²) in [4.78, 5) is 17.3. The molecular formula is C21H21N3O4S2. The molecule has 3 aromatic rings. The van der Waals surface area contributed by atoms with Crippen LogP contribution in [0.3, 0.4) is 0 Å². The topological polar surface area (TPSA) is 88.6 Å². The summed E-state index contributed by atoms with van der Waals surface area (Å²) in [6.07, 6.45) is 0. The number of anilines is 1. The molecule has 1 aliphatic heterocycles. The number of hydrogen-bond donors (Lipinski definition) is 1. The lowest BCUT2D eigenvalue weighted by molar-refractivity contribution is 0.0730. The fraction of sp³-hybridized carbons (Fsp3) is 0.238. The Labute approximate surface area is 179 Å². The highest BCUT2D eigenvalue weighted by Gasteiger charge is 2.30. The van der Waals surface area contributed by atoms with Crippen LogP contribution in [0.5, 0.6) is 0 Å². The molecule has 0 atom stereocenters. The van der Waals surface area contributed by atoms with Crippen molar-refractivity contribution < 1.29 is 17.9 Å². The average Bonchev–Trinajstić information content (AvgIpc) is 3.21. The van der Waals surface area contributed by atoms with Crippen LogP contribution < -0.4 is 5.32 Å². The van der Waals surface area contributed by atoms with Gasteiger partial charge < -0.3 is 10.1 Å². The molecule has 0 saturated carbocycles. The van der Waals surface area contributed by atoms with Crippen molar-refractivity contribution in [3.8, 4) is 11.3 Å². The second-order valence-electron chi connectivity index (χ2n) is 6.80. The molecule has 9 heteroatoms. The third-order valence-electron chi connectivity index (χ3n) is 4.78. The number of nitrogens with one attached hydrogen (secondary N) is 1. The van der Waals surface area contributed by atoms with Crippen molar-refractivity contribution in [2.24, 2.45) is 0 Å². The van der Waals surface area contributed by atoms with Crippen molar-refractivity contribution in [2.75, 3.05) is 31.6 Å². The minimum Gasteiger partial charge on any atom is -0.379 e. The fourth-order valence-electron chi connectivity index (χ4n) is 3.22. The van der Waals surface area contributed by atoms with Crippen LogP contribution in [0.25, 0.3) is 11.3 Å².